The van der Waals surface area contributed by atoms with Crippen molar-refractivity contribution in [1.82, 2.24) is 4.90 Å². The van der Waals surface area contributed by atoms with Crippen LogP contribution >= 0.6 is 11.6 Å². The first-order valence-electron chi connectivity index (χ1n) is 9.49. The third-order valence-corrected chi connectivity index (χ3v) is 5.19. The molecule has 1 atom stereocenters. The molecule has 1 N–H and O–H groups in total. The minimum absolute atomic E-state index is 0.107. The SMILES string of the molecule is CC#CC1=C(C)/C(=C\c2ccc(-c3ccc(Cl)c(C)c3)o2)C(=O)N(CC(C)O)C1=O. The zero-order valence-electron chi connectivity index (χ0n) is 17.2. The molecule has 0 aliphatic carbocycles. The molecule has 1 aliphatic heterocycles. The van der Waals surface area contributed by atoms with Gasteiger partial charge in [0.05, 0.1) is 18.2 Å². The Balaban J connectivity index is 2.04. The van der Waals surface area contributed by atoms with Crippen molar-refractivity contribution in [2.24, 2.45) is 0 Å². The summed E-state index contributed by atoms with van der Waals surface area (Å²) in [5, 5.41) is 10.4. The third kappa shape index (κ3) is 4.25. The second-order valence-corrected chi connectivity index (χ2v) is 7.58. The zero-order chi connectivity index (χ0) is 22.0. The lowest BCUT2D eigenvalue weighted by atomic mass is 9.94. The van der Waals surface area contributed by atoms with Gasteiger partial charge in [-0.15, -0.1) is 5.92 Å². The number of aliphatic hydroxyl groups excluding tert-OH is 1. The minimum atomic E-state index is -0.850. The van der Waals surface area contributed by atoms with Crippen LogP contribution in [-0.4, -0.2) is 34.5 Å². The maximum atomic E-state index is 13.0. The van der Waals surface area contributed by atoms with Gasteiger partial charge < -0.3 is 9.52 Å². The Morgan fingerprint density at radius 1 is 1.20 bits per heavy atom. The number of nitrogens with zero attached hydrogens (tertiary/aromatic N) is 1. The number of furan rings is 1. The molecule has 6 heteroatoms. The van der Waals surface area contributed by atoms with Gasteiger partial charge in [0.1, 0.15) is 11.5 Å². The van der Waals surface area contributed by atoms with Crippen LogP contribution < -0.4 is 0 Å². The molecule has 0 fully saturated rings. The maximum Gasteiger partial charge on any atom is 0.269 e. The number of aryl methyl sites for hydroxylation is 1. The number of carbonyl (C=O) groups is 2. The fourth-order valence-electron chi connectivity index (χ4n) is 3.23. The average Bonchev–Trinajstić information content (AvgIpc) is 3.16. The van der Waals surface area contributed by atoms with Gasteiger partial charge in [-0.1, -0.05) is 17.5 Å². The first-order valence-corrected chi connectivity index (χ1v) is 9.87. The number of imide groups is 1. The predicted octanol–water partition coefficient (Wildman–Crippen LogP) is 4.38. The lowest BCUT2D eigenvalue weighted by molar-refractivity contribution is -0.141. The smallest absolute Gasteiger partial charge is 0.269 e. The summed E-state index contributed by atoms with van der Waals surface area (Å²) >= 11 is 6.09. The molecule has 0 saturated heterocycles. The second kappa shape index (κ2) is 8.74. The van der Waals surface area contributed by atoms with E-state index >= 15 is 0 Å². The molecular weight excluding hydrogens is 402 g/mol. The number of rotatable bonds is 4. The molecule has 3 rings (SSSR count). The summed E-state index contributed by atoms with van der Waals surface area (Å²) in [6.45, 7) is 6.64. The van der Waals surface area contributed by atoms with Gasteiger partial charge in [-0.3, -0.25) is 14.5 Å². The van der Waals surface area contributed by atoms with Crippen molar-refractivity contribution in [2.45, 2.75) is 33.8 Å². The summed E-state index contributed by atoms with van der Waals surface area (Å²) in [7, 11) is 0. The number of carbonyl (C=O) groups excluding carboxylic acids is 2. The molecule has 2 heterocycles. The Morgan fingerprint density at radius 3 is 2.57 bits per heavy atom. The van der Waals surface area contributed by atoms with E-state index in [0.29, 0.717) is 27.7 Å². The van der Waals surface area contributed by atoms with Crippen molar-refractivity contribution in [3.63, 3.8) is 0 Å². The molecule has 0 saturated carbocycles. The van der Waals surface area contributed by atoms with Crippen molar-refractivity contribution in [3.05, 3.63) is 63.4 Å². The number of hydrogen-bond acceptors (Lipinski definition) is 4. The standard InChI is InChI=1S/C24H22ClNO4/c1-5-6-19-16(4)20(24(29)26(23(19)28)13-15(3)27)12-18-8-10-22(30-18)17-7-9-21(25)14(2)11-17/h7-12,15,27H,13H2,1-4H3/b20-12+. The van der Waals surface area contributed by atoms with Crippen molar-refractivity contribution in [1.29, 1.82) is 0 Å². The predicted molar refractivity (Wildman–Crippen MR) is 116 cm³/mol. The number of benzene rings is 1. The summed E-state index contributed by atoms with van der Waals surface area (Å²) in [6.07, 6.45) is 0.750. The molecule has 2 aromatic rings. The summed E-state index contributed by atoms with van der Waals surface area (Å²) in [5.41, 5.74) is 2.83. The molecule has 0 spiro atoms. The van der Waals surface area contributed by atoms with Gasteiger partial charge >= 0.3 is 0 Å². The number of aliphatic hydroxyl groups is 1. The Labute approximate surface area is 180 Å². The molecule has 154 valence electrons. The Bertz CT molecular complexity index is 1140. The highest BCUT2D eigenvalue weighted by molar-refractivity contribution is 6.31. The van der Waals surface area contributed by atoms with Gasteiger partial charge in [0.25, 0.3) is 11.8 Å². The molecule has 30 heavy (non-hydrogen) atoms. The number of amides is 2. The van der Waals surface area contributed by atoms with Crippen LogP contribution in [0.3, 0.4) is 0 Å². The number of hydrogen-bond donors (Lipinski definition) is 1. The normalized spacial score (nSPS) is 16.7. The van der Waals surface area contributed by atoms with Crippen LogP contribution in [0.4, 0.5) is 0 Å². The molecule has 0 bridgehead atoms. The van der Waals surface area contributed by atoms with E-state index in [1.807, 2.05) is 25.1 Å². The van der Waals surface area contributed by atoms with Crippen molar-refractivity contribution in [2.75, 3.05) is 6.54 Å². The van der Waals surface area contributed by atoms with Crippen molar-refractivity contribution >= 4 is 29.5 Å². The van der Waals surface area contributed by atoms with Gasteiger partial charge in [0, 0.05) is 16.2 Å². The highest BCUT2D eigenvalue weighted by Gasteiger charge is 2.35. The molecular formula is C24H22ClNO4. The third-order valence-electron chi connectivity index (χ3n) is 4.77. The van der Waals surface area contributed by atoms with Crippen LogP contribution in [-0.2, 0) is 9.59 Å². The van der Waals surface area contributed by atoms with Crippen LogP contribution in [0.5, 0.6) is 0 Å². The molecule has 2 amide bonds. The monoisotopic (exact) mass is 423 g/mol. The fourth-order valence-corrected chi connectivity index (χ4v) is 3.34. The largest absolute Gasteiger partial charge is 0.457 e. The van der Waals surface area contributed by atoms with E-state index in [1.165, 1.54) is 6.92 Å². The van der Waals surface area contributed by atoms with Crippen molar-refractivity contribution in [3.8, 4) is 23.2 Å². The molecule has 1 aromatic heterocycles. The first kappa shape index (κ1) is 21.6. The van der Waals surface area contributed by atoms with Crippen LogP contribution in [0.2, 0.25) is 5.02 Å². The van der Waals surface area contributed by atoms with E-state index in [-0.39, 0.29) is 12.1 Å². The Morgan fingerprint density at radius 2 is 1.93 bits per heavy atom. The van der Waals surface area contributed by atoms with Gasteiger partial charge in [-0.05, 0) is 75.2 Å². The Kier molecular flexibility index (Phi) is 6.31. The van der Waals surface area contributed by atoms with E-state index in [0.717, 1.165) is 16.0 Å². The molecule has 1 aliphatic rings. The van der Waals surface area contributed by atoms with E-state index in [2.05, 4.69) is 11.8 Å². The summed E-state index contributed by atoms with van der Waals surface area (Å²) in [5.74, 6) is 5.62. The average molecular weight is 424 g/mol. The molecule has 1 unspecified atom stereocenters. The number of β-amino-alcohol motifs (C(OH)–C–C–N with tert-alkyl or cyclic N) is 1. The van der Waals surface area contributed by atoms with Gasteiger partial charge in [-0.25, -0.2) is 0 Å². The highest BCUT2D eigenvalue weighted by atomic mass is 35.5. The van der Waals surface area contributed by atoms with Gasteiger partial charge in [0.15, 0.2) is 0 Å². The van der Waals surface area contributed by atoms with Crippen molar-refractivity contribution < 1.29 is 19.1 Å². The van der Waals surface area contributed by atoms with Crippen LogP contribution in [0.15, 0.2) is 51.5 Å². The fraction of sp³-hybridized carbons (Fsp3) is 0.250. The maximum absolute atomic E-state index is 13.0. The van der Waals surface area contributed by atoms with E-state index in [1.54, 1.807) is 32.1 Å². The zero-order valence-corrected chi connectivity index (χ0v) is 18.0. The lowest BCUT2D eigenvalue weighted by Crippen LogP contribution is -2.45. The topological polar surface area (TPSA) is 70.8 Å². The van der Waals surface area contributed by atoms with Crippen LogP contribution in [0.1, 0.15) is 32.1 Å². The number of halogens is 1. The van der Waals surface area contributed by atoms with Crippen LogP contribution in [0.25, 0.3) is 17.4 Å². The quantitative estimate of drug-likeness (QED) is 0.450. The van der Waals surface area contributed by atoms with E-state index in [9.17, 15) is 14.7 Å². The summed E-state index contributed by atoms with van der Waals surface area (Å²) in [4.78, 5) is 26.7. The van der Waals surface area contributed by atoms with Crippen LogP contribution in [0, 0.1) is 18.8 Å². The molecule has 0 radical (unpaired) electrons. The van der Waals surface area contributed by atoms with Gasteiger partial charge in [-0.2, -0.15) is 0 Å². The van der Waals surface area contributed by atoms with Gasteiger partial charge in [0.2, 0.25) is 0 Å². The second-order valence-electron chi connectivity index (χ2n) is 7.17. The molecule has 5 nitrogen and oxygen atoms in total. The minimum Gasteiger partial charge on any atom is -0.457 e. The lowest BCUT2D eigenvalue weighted by Gasteiger charge is -2.28. The highest BCUT2D eigenvalue weighted by Crippen LogP contribution is 2.30. The van der Waals surface area contributed by atoms with E-state index in [4.69, 9.17) is 16.0 Å². The van der Waals surface area contributed by atoms with E-state index < -0.39 is 17.9 Å². The summed E-state index contributed by atoms with van der Waals surface area (Å²) < 4.78 is 5.92. The molecule has 1 aromatic carbocycles. The first-order chi connectivity index (χ1) is 14.2. The Hall–Kier alpha value is -3.07. The summed E-state index contributed by atoms with van der Waals surface area (Å²) in [6, 6.07) is 9.16.